The quantitative estimate of drug-likeness (QED) is 0.695. The van der Waals surface area contributed by atoms with Crippen LogP contribution in [0.15, 0.2) is 0 Å². The van der Waals surface area contributed by atoms with Gasteiger partial charge in [-0.15, -0.1) is 23.2 Å². The van der Waals surface area contributed by atoms with Crippen molar-refractivity contribution in [2.45, 2.75) is 8.63 Å². The van der Waals surface area contributed by atoms with Gasteiger partial charge in [-0.25, -0.2) is 0 Å². The lowest BCUT2D eigenvalue weighted by molar-refractivity contribution is 0.150. The van der Waals surface area contributed by atoms with Gasteiger partial charge in [0.05, 0.1) is 13.2 Å². The Balaban J connectivity index is 3.21. The van der Waals surface area contributed by atoms with Crippen LogP contribution in [0.1, 0.15) is 0 Å². The second-order valence-electron chi connectivity index (χ2n) is 1.52. The molecule has 0 aromatic rings. The smallest absolute Gasteiger partial charge is 0.213 e. The fourth-order valence-electron chi connectivity index (χ4n) is 0.264. The summed E-state index contributed by atoms with van der Waals surface area (Å²) in [6.07, 6.45) is 0. The largest absolute Gasteiger partial charge is 0.374 e. The molecule has 0 fully saturated rings. The van der Waals surface area contributed by atoms with E-state index in [0.29, 0.717) is 0 Å². The van der Waals surface area contributed by atoms with Gasteiger partial charge in [0, 0.05) is 0 Å². The standard InChI is InChI=1S/C4H5Cl5O/c5-3(6)1-10-2-4(7,8)9/h3H,1-2H2. The summed E-state index contributed by atoms with van der Waals surface area (Å²) in [5.74, 6) is 0. The highest BCUT2D eigenvalue weighted by Gasteiger charge is 2.19. The van der Waals surface area contributed by atoms with Gasteiger partial charge in [-0.1, -0.05) is 34.8 Å². The van der Waals surface area contributed by atoms with Crippen molar-refractivity contribution in [1.82, 2.24) is 0 Å². The summed E-state index contributed by atoms with van der Waals surface area (Å²) in [7, 11) is 0. The lowest BCUT2D eigenvalue weighted by Crippen LogP contribution is -2.15. The van der Waals surface area contributed by atoms with E-state index in [1.165, 1.54) is 0 Å². The van der Waals surface area contributed by atoms with E-state index < -0.39 is 8.63 Å². The van der Waals surface area contributed by atoms with Crippen molar-refractivity contribution in [3.63, 3.8) is 0 Å². The molecule has 0 rings (SSSR count). The lowest BCUT2D eigenvalue weighted by atomic mass is 10.8. The van der Waals surface area contributed by atoms with Crippen LogP contribution in [0.25, 0.3) is 0 Å². The van der Waals surface area contributed by atoms with E-state index in [0.717, 1.165) is 0 Å². The second-order valence-corrected chi connectivity index (χ2v) is 5.31. The summed E-state index contributed by atoms with van der Waals surface area (Å²) in [5.41, 5.74) is 0. The molecular weight excluding hydrogens is 241 g/mol. The van der Waals surface area contributed by atoms with E-state index in [4.69, 9.17) is 62.7 Å². The zero-order valence-electron chi connectivity index (χ0n) is 4.79. The van der Waals surface area contributed by atoms with Gasteiger partial charge in [-0.05, 0) is 0 Å². The van der Waals surface area contributed by atoms with Crippen LogP contribution < -0.4 is 0 Å². The Morgan fingerprint density at radius 3 is 2.00 bits per heavy atom. The average Bonchev–Trinajstić information content (AvgIpc) is 1.59. The van der Waals surface area contributed by atoms with Crippen LogP contribution in [0.3, 0.4) is 0 Å². The third-order valence-corrected chi connectivity index (χ3v) is 1.09. The van der Waals surface area contributed by atoms with Crippen LogP contribution >= 0.6 is 58.0 Å². The molecule has 6 heteroatoms. The van der Waals surface area contributed by atoms with E-state index in [9.17, 15) is 0 Å². The normalized spacial score (nSPS) is 12.6. The number of rotatable bonds is 3. The average molecular weight is 246 g/mol. The molecule has 0 aliphatic carbocycles. The molecule has 0 bridgehead atoms. The molecule has 0 amide bonds. The summed E-state index contributed by atoms with van der Waals surface area (Å²) in [6.45, 7) is 0.157. The van der Waals surface area contributed by atoms with Crippen molar-refractivity contribution in [2.75, 3.05) is 13.2 Å². The summed E-state index contributed by atoms with van der Waals surface area (Å²) in [5, 5.41) is 0. The zero-order valence-corrected chi connectivity index (χ0v) is 8.57. The topological polar surface area (TPSA) is 9.23 Å². The highest BCUT2D eigenvalue weighted by molar-refractivity contribution is 6.67. The SMILES string of the molecule is ClC(Cl)COCC(Cl)(Cl)Cl. The molecule has 0 saturated heterocycles. The van der Waals surface area contributed by atoms with E-state index in [1.807, 2.05) is 0 Å². The highest BCUT2D eigenvalue weighted by atomic mass is 35.6. The Labute approximate surface area is 84.5 Å². The number of hydrogen-bond donors (Lipinski definition) is 0. The number of alkyl halides is 5. The molecule has 0 spiro atoms. The minimum absolute atomic E-state index is 0.00634. The molecule has 0 unspecified atom stereocenters. The van der Waals surface area contributed by atoms with Gasteiger partial charge in [0.15, 0.2) is 0 Å². The van der Waals surface area contributed by atoms with E-state index in [-0.39, 0.29) is 13.2 Å². The highest BCUT2D eigenvalue weighted by Crippen LogP contribution is 2.26. The summed E-state index contributed by atoms with van der Waals surface area (Å²) in [4.78, 5) is -0.577. The van der Waals surface area contributed by atoms with Crippen molar-refractivity contribution in [2.24, 2.45) is 0 Å². The van der Waals surface area contributed by atoms with Crippen molar-refractivity contribution in [3.05, 3.63) is 0 Å². The minimum Gasteiger partial charge on any atom is -0.374 e. The third kappa shape index (κ3) is 9.41. The molecule has 1 nitrogen and oxygen atoms in total. The van der Waals surface area contributed by atoms with Gasteiger partial charge in [0.25, 0.3) is 0 Å². The zero-order chi connectivity index (χ0) is 8.20. The first-order chi connectivity index (χ1) is 4.42. The Hall–Kier alpha value is 1.41. The van der Waals surface area contributed by atoms with Gasteiger partial charge in [-0.3, -0.25) is 0 Å². The maximum atomic E-state index is 5.34. The Morgan fingerprint density at radius 1 is 1.20 bits per heavy atom. The molecule has 0 aliphatic heterocycles. The molecule has 0 heterocycles. The predicted octanol–water partition coefficient (Wildman–Crippen LogP) is 3.18. The lowest BCUT2D eigenvalue weighted by Gasteiger charge is -2.10. The fourth-order valence-corrected chi connectivity index (χ4v) is 0.673. The Morgan fingerprint density at radius 2 is 1.70 bits per heavy atom. The van der Waals surface area contributed by atoms with Crippen molar-refractivity contribution >= 4 is 58.0 Å². The molecule has 0 aliphatic rings. The maximum absolute atomic E-state index is 5.34. The molecular formula is C4H5Cl5O. The first kappa shape index (κ1) is 11.4. The first-order valence-corrected chi connectivity index (χ1v) is 4.35. The second kappa shape index (κ2) is 5.13. The van der Waals surface area contributed by atoms with E-state index in [2.05, 4.69) is 0 Å². The van der Waals surface area contributed by atoms with Crippen LogP contribution in [0.4, 0.5) is 0 Å². The molecule has 10 heavy (non-hydrogen) atoms. The maximum Gasteiger partial charge on any atom is 0.213 e. The number of halogens is 5. The van der Waals surface area contributed by atoms with E-state index in [1.54, 1.807) is 0 Å². The summed E-state index contributed by atoms with van der Waals surface area (Å²) >= 11 is 26.6. The minimum atomic E-state index is -1.39. The monoisotopic (exact) mass is 244 g/mol. The van der Waals surface area contributed by atoms with Gasteiger partial charge in [0.1, 0.15) is 4.84 Å². The molecule has 0 saturated carbocycles. The van der Waals surface area contributed by atoms with Crippen LogP contribution in [-0.2, 0) is 4.74 Å². The van der Waals surface area contributed by atoms with Crippen LogP contribution in [0.5, 0.6) is 0 Å². The first-order valence-electron chi connectivity index (χ1n) is 2.34. The van der Waals surface area contributed by atoms with Gasteiger partial charge in [-0.2, -0.15) is 0 Å². The number of hydrogen-bond acceptors (Lipinski definition) is 1. The van der Waals surface area contributed by atoms with Gasteiger partial charge >= 0.3 is 0 Å². The van der Waals surface area contributed by atoms with Crippen LogP contribution in [0, 0.1) is 0 Å². The van der Waals surface area contributed by atoms with Crippen molar-refractivity contribution in [1.29, 1.82) is 0 Å². The Kier molecular flexibility index (Phi) is 5.85. The van der Waals surface area contributed by atoms with Gasteiger partial charge < -0.3 is 4.74 Å². The molecule has 0 N–H and O–H groups in total. The third-order valence-electron chi connectivity index (χ3n) is 0.510. The fraction of sp³-hybridized carbons (Fsp3) is 1.00. The Bertz CT molecular complexity index is 88.1. The van der Waals surface area contributed by atoms with Crippen molar-refractivity contribution < 1.29 is 4.74 Å². The van der Waals surface area contributed by atoms with Crippen LogP contribution in [0.2, 0.25) is 0 Å². The van der Waals surface area contributed by atoms with E-state index >= 15 is 0 Å². The summed E-state index contributed by atoms with van der Waals surface area (Å²) < 4.78 is 3.41. The number of ether oxygens (including phenoxy) is 1. The molecule has 0 aromatic heterocycles. The molecule has 0 radical (unpaired) electrons. The van der Waals surface area contributed by atoms with Crippen molar-refractivity contribution in [3.8, 4) is 0 Å². The van der Waals surface area contributed by atoms with Gasteiger partial charge in [0.2, 0.25) is 3.79 Å². The van der Waals surface area contributed by atoms with Crippen LogP contribution in [-0.4, -0.2) is 21.8 Å². The molecule has 0 aromatic carbocycles. The summed E-state index contributed by atoms with van der Waals surface area (Å²) in [6, 6.07) is 0. The predicted molar refractivity (Wildman–Crippen MR) is 46.6 cm³/mol. The molecule has 62 valence electrons. The molecule has 0 atom stereocenters.